The van der Waals surface area contributed by atoms with Crippen molar-refractivity contribution in [2.24, 2.45) is 7.05 Å². The van der Waals surface area contributed by atoms with Crippen molar-refractivity contribution >= 4 is 16.1 Å². The van der Waals surface area contributed by atoms with Gasteiger partial charge < -0.3 is 4.74 Å². The van der Waals surface area contributed by atoms with Gasteiger partial charge >= 0.3 is 24.1 Å². The van der Waals surface area contributed by atoms with Crippen molar-refractivity contribution in [2.75, 3.05) is 7.11 Å². The summed E-state index contributed by atoms with van der Waals surface area (Å²) in [6, 6.07) is 3.29. The molecule has 0 aliphatic carbocycles. The summed E-state index contributed by atoms with van der Waals surface area (Å²) in [4.78, 5) is 26.9. The number of hydrogen-bond donors (Lipinski definition) is 0. The summed E-state index contributed by atoms with van der Waals surface area (Å²) in [5.74, 6) is 0. The predicted octanol–water partition coefficient (Wildman–Crippen LogP) is 0.701. The molecule has 0 radical (unpaired) electrons. The van der Waals surface area contributed by atoms with Crippen LogP contribution in [0.25, 0.3) is 0 Å². The molecule has 2 aromatic rings. The molecule has 14 heteroatoms. The lowest BCUT2D eigenvalue weighted by Crippen LogP contribution is -2.46. The van der Waals surface area contributed by atoms with Crippen LogP contribution < -0.4 is 10.4 Å². The number of rotatable bonds is 4. The maximum absolute atomic E-state index is 12.7. The topological polar surface area (TPSA) is 113 Å². The number of carbonyl (C=O) groups is 1. The molecule has 0 fully saturated rings. The first-order valence-electron chi connectivity index (χ1n) is 6.59. The number of hydroxylamine groups is 1. The number of carbonyl (C=O) groups excluding carboxylic acids is 1. The fourth-order valence-electron chi connectivity index (χ4n) is 1.77. The van der Waals surface area contributed by atoms with Crippen LogP contribution in [0.1, 0.15) is 0 Å². The summed E-state index contributed by atoms with van der Waals surface area (Å²) in [5.41, 5.74) is -1.24. The van der Waals surface area contributed by atoms with Gasteiger partial charge in [-0.2, -0.15) is 13.3 Å². The van der Waals surface area contributed by atoms with E-state index in [0.29, 0.717) is 4.57 Å². The number of aromatic nitrogens is 3. The lowest BCUT2D eigenvalue weighted by molar-refractivity contribution is -0.377. The average Bonchev–Trinajstić information content (AvgIpc) is 2.87. The van der Waals surface area contributed by atoms with Gasteiger partial charge in [-0.1, -0.05) is 22.7 Å². The van der Waals surface area contributed by atoms with Gasteiger partial charge in [0, 0.05) is 7.05 Å². The summed E-state index contributed by atoms with van der Waals surface area (Å²) in [7, 11) is -2.92. The van der Waals surface area contributed by atoms with E-state index >= 15 is 0 Å². The molecule has 1 aromatic heterocycles. The molecule has 1 aromatic carbocycles. The molecule has 0 saturated carbocycles. The third-order valence-corrected chi connectivity index (χ3v) is 4.44. The Morgan fingerprint density at radius 1 is 1.23 bits per heavy atom. The minimum Gasteiger partial charge on any atom is -0.467 e. The maximum Gasteiger partial charge on any atom is 0.545 e. The molecule has 0 spiro atoms. The molecule has 1 amide bonds. The lowest BCUT2D eigenvalue weighted by atomic mass is 10.4. The van der Waals surface area contributed by atoms with Crippen LogP contribution in [0, 0.1) is 0 Å². The van der Waals surface area contributed by atoms with E-state index in [4.69, 9.17) is 0 Å². The number of amides is 1. The summed E-state index contributed by atoms with van der Waals surface area (Å²) in [6.45, 7) is 0. The van der Waals surface area contributed by atoms with E-state index < -0.39 is 43.5 Å². The first kappa shape index (κ1) is 19.5. The fourth-order valence-corrected chi connectivity index (χ4v) is 2.93. The van der Waals surface area contributed by atoms with Crippen LogP contribution in [0.4, 0.5) is 18.0 Å². The van der Waals surface area contributed by atoms with Gasteiger partial charge in [0.05, 0.1) is 12.0 Å². The number of sulfonamides is 1. The van der Waals surface area contributed by atoms with Crippen LogP contribution in [0.5, 0.6) is 6.01 Å². The molecule has 2 rings (SSSR count). The van der Waals surface area contributed by atoms with E-state index in [2.05, 4.69) is 14.7 Å². The number of benzene rings is 1. The molecule has 0 unspecified atom stereocenters. The molecular weight excluding hydrogens is 385 g/mol. The molecule has 0 aliphatic rings. The van der Waals surface area contributed by atoms with E-state index in [0.717, 1.165) is 26.3 Å². The van der Waals surface area contributed by atoms with Crippen molar-refractivity contribution in [3.05, 3.63) is 40.8 Å². The molecule has 26 heavy (non-hydrogen) atoms. The normalized spacial score (nSPS) is 12.0. The summed E-state index contributed by atoms with van der Waals surface area (Å²) in [5, 5.41) is 3.33. The second-order valence-electron chi connectivity index (χ2n) is 4.60. The first-order valence-corrected chi connectivity index (χ1v) is 8.03. The molecule has 0 bridgehead atoms. The number of ether oxygens (including phenoxy) is 1. The predicted molar refractivity (Wildman–Crippen MR) is 77.4 cm³/mol. The molecule has 0 aliphatic heterocycles. The second-order valence-corrected chi connectivity index (χ2v) is 6.36. The Morgan fingerprint density at radius 3 is 2.27 bits per heavy atom. The van der Waals surface area contributed by atoms with Gasteiger partial charge in [-0.05, 0) is 12.1 Å². The van der Waals surface area contributed by atoms with Gasteiger partial charge in [-0.15, -0.1) is 23.0 Å². The summed E-state index contributed by atoms with van der Waals surface area (Å²) in [6.07, 6.45) is -5.54. The highest BCUT2D eigenvalue weighted by Gasteiger charge is 2.44. The van der Waals surface area contributed by atoms with Crippen molar-refractivity contribution in [1.82, 2.24) is 18.8 Å². The van der Waals surface area contributed by atoms with E-state index in [1.54, 1.807) is 0 Å². The highest BCUT2D eigenvalue weighted by molar-refractivity contribution is 7.89. The van der Waals surface area contributed by atoms with E-state index in [-0.39, 0.29) is 4.68 Å². The van der Waals surface area contributed by atoms with Crippen LogP contribution in [-0.4, -0.2) is 46.7 Å². The largest absolute Gasteiger partial charge is 0.545 e. The van der Waals surface area contributed by atoms with Crippen molar-refractivity contribution < 1.29 is 36.0 Å². The average molecular weight is 396 g/mol. The SMILES string of the molecule is COc1nn(C(=O)N(OC(F)(F)F)S(=O)(=O)c2ccccc2)c(=O)n1C. The van der Waals surface area contributed by atoms with Crippen molar-refractivity contribution in [2.45, 2.75) is 11.3 Å². The number of alkyl halides is 3. The summed E-state index contributed by atoms with van der Waals surface area (Å²) >= 11 is 0. The van der Waals surface area contributed by atoms with Crippen molar-refractivity contribution in [3.8, 4) is 6.01 Å². The number of nitrogens with zero attached hydrogens (tertiary/aromatic N) is 4. The van der Waals surface area contributed by atoms with Gasteiger partial charge in [-0.25, -0.2) is 14.2 Å². The Labute approximate surface area is 144 Å². The monoisotopic (exact) mass is 396 g/mol. The van der Waals surface area contributed by atoms with E-state index in [1.165, 1.54) is 18.2 Å². The number of halogens is 3. The standard InChI is InChI=1S/C12H11F3N4O6S/c1-17-9(24-2)16-18(10(17)20)11(21)19(25-12(13,14)15)26(22,23)8-6-4-3-5-7-8/h3-7H,1-2H3. The van der Waals surface area contributed by atoms with Gasteiger partial charge in [0.15, 0.2) is 0 Å². The Morgan fingerprint density at radius 2 is 1.81 bits per heavy atom. The zero-order valence-corrected chi connectivity index (χ0v) is 14.0. The molecule has 142 valence electrons. The zero-order valence-electron chi connectivity index (χ0n) is 13.2. The number of hydrogen-bond acceptors (Lipinski definition) is 7. The highest BCUT2D eigenvalue weighted by atomic mass is 32.2. The number of methoxy groups -OCH3 is 1. The third kappa shape index (κ3) is 3.70. The van der Waals surface area contributed by atoms with Crippen LogP contribution in [0.2, 0.25) is 0 Å². The molecule has 0 saturated heterocycles. The lowest BCUT2D eigenvalue weighted by Gasteiger charge is -2.21. The van der Waals surface area contributed by atoms with Gasteiger partial charge in [0.1, 0.15) is 0 Å². The van der Waals surface area contributed by atoms with Crippen LogP contribution in [-0.2, 0) is 21.9 Å². The Bertz CT molecular complexity index is 967. The highest BCUT2D eigenvalue weighted by Crippen LogP contribution is 2.25. The van der Waals surface area contributed by atoms with Gasteiger partial charge in [-0.3, -0.25) is 0 Å². The van der Waals surface area contributed by atoms with Crippen molar-refractivity contribution in [1.29, 1.82) is 0 Å². The molecule has 1 heterocycles. The molecule has 0 N–H and O–H groups in total. The Balaban J connectivity index is 2.59. The minimum absolute atomic E-state index is 0.134. The Kier molecular flexibility index (Phi) is 5.09. The van der Waals surface area contributed by atoms with Crippen LogP contribution in [0.3, 0.4) is 0 Å². The van der Waals surface area contributed by atoms with Crippen molar-refractivity contribution in [3.63, 3.8) is 0 Å². The Hall–Kier alpha value is -2.87. The first-order chi connectivity index (χ1) is 12.0. The van der Waals surface area contributed by atoms with E-state index in [1.807, 2.05) is 0 Å². The minimum atomic E-state index is -5.54. The second kappa shape index (κ2) is 6.80. The van der Waals surface area contributed by atoms with Gasteiger partial charge in [0.25, 0.3) is 10.0 Å². The molecular formula is C12H11F3N4O6S. The molecule has 0 atom stereocenters. The van der Waals surface area contributed by atoms with Crippen LogP contribution >= 0.6 is 0 Å². The smallest absolute Gasteiger partial charge is 0.467 e. The summed E-state index contributed by atoms with van der Waals surface area (Å²) < 4.78 is 67.0. The zero-order chi connectivity index (χ0) is 19.7. The van der Waals surface area contributed by atoms with E-state index in [9.17, 15) is 31.2 Å². The fraction of sp³-hybridized carbons (Fsp3) is 0.250. The van der Waals surface area contributed by atoms with Gasteiger partial charge in [0.2, 0.25) is 0 Å². The van der Waals surface area contributed by atoms with Crippen LogP contribution in [0.15, 0.2) is 40.0 Å². The third-order valence-electron chi connectivity index (χ3n) is 2.91. The maximum atomic E-state index is 12.7. The quantitative estimate of drug-likeness (QED) is 0.699. The molecule has 10 nitrogen and oxygen atoms in total.